The molecule has 5 rings (SSSR count). The van der Waals surface area contributed by atoms with E-state index in [1.165, 1.54) is 32.6 Å². The summed E-state index contributed by atoms with van der Waals surface area (Å²) >= 11 is 0. The fourth-order valence-electron chi connectivity index (χ4n) is 7.20. The molecule has 2 fully saturated rings. The molecule has 1 saturated heterocycles. The second kappa shape index (κ2) is 19.0. The van der Waals surface area contributed by atoms with Crippen molar-refractivity contribution >= 4 is 11.8 Å². The Labute approximate surface area is 298 Å². The van der Waals surface area contributed by atoms with Gasteiger partial charge in [-0.3, -0.25) is 14.5 Å². The van der Waals surface area contributed by atoms with Gasteiger partial charge < -0.3 is 25.2 Å². The Morgan fingerprint density at radius 1 is 0.900 bits per heavy atom. The van der Waals surface area contributed by atoms with E-state index in [0.29, 0.717) is 25.6 Å². The average molecular weight is 682 g/mol. The molecule has 0 bridgehead atoms. The van der Waals surface area contributed by atoms with Crippen molar-refractivity contribution in [2.24, 2.45) is 5.92 Å². The zero-order valence-electron chi connectivity index (χ0n) is 29.8. The molecule has 1 aliphatic carbocycles. The van der Waals surface area contributed by atoms with Crippen molar-refractivity contribution in [1.82, 2.24) is 15.5 Å². The predicted molar refractivity (Wildman–Crippen MR) is 198 cm³/mol. The van der Waals surface area contributed by atoms with Crippen LogP contribution in [0.2, 0.25) is 0 Å². The van der Waals surface area contributed by atoms with E-state index in [1.807, 2.05) is 30.3 Å². The molecule has 2 aliphatic rings. The summed E-state index contributed by atoms with van der Waals surface area (Å²) in [5.74, 6) is 0.142. The molecular formula is C42H55N3O5. The van der Waals surface area contributed by atoms with E-state index in [9.17, 15) is 14.7 Å². The number of hydrogen-bond acceptors (Lipinski definition) is 6. The smallest absolute Gasteiger partial charge is 0.220 e. The lowest BCUT2D eigenvalue weighted by molar-refractivity contribution is -0.276. The first-order valence-corrected chi connectivity index (χ1v) is 18.4. The molecule has 50 heavy (non-hydrogen) atoms. The van der Waals surface area contributed by atoms with Crippen molar-refractivity contribution in [3.63, 3.8) is 0 Å². The van der Waals surface area contributed by atoms with Gasteiger partial charge in [-0.05, 0) is 59.6 Å². The van der Waals surface area contributed by atoms with Crippen LogP contribution in [0.4, 0.5) is 0 Å². The zero-order chi connectivity index (χ0) is 35.3. The van der Waals surface area contributed by atoms with Gasteiger partial charge in [-0.25, -0.2) is 0 Å². The van der Waals surface area contributed by atoms with Crippen LogP contribution < -0.4 is 10.6 Å². The summed E-state index contributed by atoms with van der Waals surface area (Å²) < 4.78 is 13.5. The molecular weight excluding hydrogens is 626 g/mol. The Hall–Kier alpha value is -3.82. The third kappa shape index (κ3) is 10.6. The lowest BCUT2D eigenvalue weighted by Crippen LogP contribution is -2.47. The van der Waals surface area contributed by atoms with Crippen molar-refractivity contribution in [1.29, 1.82) is 0 Å². The summed E-state index contributed by atoms with van der Waals surface area (Å²) in [5.41, 5.74) is 6.15. The summed E-state index contributed by atoms with van der Waals surface area (Å²) in [6, 6.07) is 25.3. The minimum Gasteiger partial charge on any atom is -0.392 e. The molecule has 268 valence electrons. The predicted octanol–water partition coefficient (Wildman–Crippen LogP) is 7.38. The van der Waals surface area contributed by atoms with E-state index in [4.69, 9.17) is 9.47 Å². The topological polar surface area (TPSA) is 100 Å². The maximum Gasteiger partial charge on any atom is 0.220 e. The number of carbonyl (C=O) groups is 2. The molecule has 2 amide bonds. The number of amides is 2. The second-order valence-electron chi connectivity index (χ2n) is 13.9. The van der Waals surface area contributed by atoms with Gasteiger partial charge in [-0.15, -0.1) is 6.58 Å². The third-order valence-corrected chi connectivity index (χ3v) is 10.1. The molecule has 8 heteroatoms. The van der Waals surface area contributed by atoms with Gasteiger partial charge in [-0.2, -0.15) is 0 Å². The number of unbranched alkanes of at least 4 members (excludes halogenated alkanes) is 2. The van der Waals surface area contributed by atoms with Crippen LogP contribution in [0.25, 0.3) is 11.1 Å². The van der Waals surface area contributed by atoms with Gasteiger partial charge in [0, 0.05) is 57.0 Å². The van der Waals surface area contributed by atoms with Gasteiger partial charge in [0.2, 0.25) is 11.8 Å². The van der Waals surface area contributed by atoms with Crippen LogP contribution in [0, 0.1) is 5.92 Å². The molecule has 1 aliphatic heterocycles. The van der Waals surface area contributed by atoms with Crippen molar-refractivity contribution in [2.75, 3.05) is 19.6 Å². The standard InChI is InChI=1S/C42H55N3O5/c1-4-25-45(38-13-7-8-14-38)28-39-30(2)41(35-18-16-32(29-46)17-19-35)50-42(49-39)36-22-20-34(21-23-36)37-12-10-11-33(26-37)27-44-40(48)15-6-5-9-24-43-31(3)47/h4,10-12,16-23,26,30,38-39,41-42,46H,1,5-9,13-15,24-25,27-29H2,2-3H3,(H,43,47)(H,44,48). The quantitative estimate of drug-likeness (QED) is 0.102. The number of nitrogens with one attached hydrogen (secondary N) is 2. The molecule has 1 saturated carbocycles. The zero-order valence-corrected chi connectivity index (χ0v) is 29.8. The number of carbonyl (C=O) groups excluding carboxylic acids is 2. The van der Waals surface area contributed by atoms with E-state index < -0.39 is 6.29 Å². The molecule has 8 nitrogen and oxygen atoms in total. The van der Waals surface area contributed by atoms with E-state index in [0.717, 1.165) is 65.7 Å². The number of rotatable bonds is 17. The van der Waals surface area contributed by atoms with E-state index >= 15 is 0 Å². The maximum atomic E-state index is 12.4. The Morgan fingerprint density at radius 2 is 1.64 bits per heavy atom. The highest BCUT2D eigenvalue weighted by molar-refractivity contribution is 5.76. The molecule has 0 aromatic heterocycles. The van der Waals surface area contributed by atoms with Gasteiger partial charge >= 0.3 is 0 Å². The number of ether oxygens (including phenoxy) is 2. The van der Waals surface area contributed by atoms with Crippen LogP contribution in [0.3, 0.4) is 0 Å². The van der Waals surface area contributed by atoms with Crippen LogP contribution in [-0.2, 0) is 32.2 Å². The highest BCUT2D eigenvalue weighted by atomic mass is 16.7. The lowest BCUT2D eigenvalue weighted by Gasteiger charge is -2.43. The number of nitrogens with zero attached hydrogens (tertiary/aromatic N) is 1. The third-order valence-electron chi connectivity index (χ3n) is 10.1. The Balaban J connectivity index is 1.24. The molecule has 0 radical (unpaired) electrons. The molecule has 4 unspecified atom stereocenters. The first-order valence-electron chi connectivity index (χ1n) is 18.4. The van der Waals surface area contributed by atoms with Gasteiger partial charge in [0.25, 0.3) is 0 Å². The summed E-state index contributed by atoms with van der Waals surface area (Å²) in [5, 5.41) is 15.5. The lowest BCUT2D eigenvalue weighted by atomic mass is 9.89. The minimum atomic E-state index is -0.520. The molecule has 4 atom stereocenters. The Bertz CT molecular complexity index is 1520. The molecule has 3 aromatic rings. The van der Waals surface area contributed by atoms with Gasteiger partial charge in [-0.1, -0.05) is 99.0 Å². The van der Waals surface area contributed by atoms with E-state index in [-0.39, 0.29) is 36.5 Å². The van der Waals surface area contributed by atoms with Crippen LogP contribution in [0.15, 0.2) is 85.5 Å². The van der Waals surface area contributed by atoms with Crippen molar-refractivity contribution in [2.45, 2.75) is 103 Å². The summed E-state index contributed by atoms with van der Waals surface area (Å²) in [6.45, 7) is 10.6. The highest BCUT2D eigenvalue weighted by Gasteiger charge is 2.40. The Kier molecular flexibility index (Phi) is 14.2. The van der Waals surface area contributed by atoms with E-state index in [1.54, 1.807) is 0 Å². The molecule has 3 aromatic carbocycles. The average Bonchev–Trinajstić information content (AvgIpc) is 3.68. The molecule has 3 N–H and O–H groups in total. The molecule has 1 heterocycles. The highest BCUT2D eigenvalue weighted by Crippen LogP contribution is 2.42. The first kappa shape index (κ1) is 37.4. The maximum absolute atomic E-state index is 12.4. The summed E-state index contributed by atoms with van der Waals surface area (Å²) in [6.07, 6.45) is 9.35. The van der Waals surface area contributed by atoms with E-state index in [2.05, 4.69) is 77.6 Å². The largest absolute Gasteiger partial charge is 0.392 e. The van der Waals surface area contributed by atoms with Crippen LogP contribution in [-0.4, -0.2) is 53.6 Å². The normalized spacial score (nSPS) is 20.9. The minimum absolute atomic E-state index is 0.0144. The van der Waals surface area contributed by atoms with Crippen molar-refractivity contribution in [3.8, 4) is 11.1 Å². The van der Waals surface area contributed by atoms with Crippen LogP contribution in [0.5, 0.6) is 0 Å². The fraction of sp³-hybridized carbons (Fsp3) is 0.476. The summed E-state index contributed by atoms with van der Waals surface area (Å²) in [7, 11) is 0. The van der Waals surface area contributed by atoms with Crippen LogP contribution in [0.1, 0.15) is 99.9 Å². The number of hydrogen-bond donors (Lipinski definition) is 3. The number of aliphatic hydroxyl groups is 1. The second-order valence-corrected chi connectivity index (χ2v) is 13.9. The Morgan fingerprint density at radius 3 is 2.34 bits per heavy atom. The first-order chi connectivity index (χ1) is 24.3. The van der Waals surface area contributed by atoms with Gasteiger partial charge in [0.1, 0.15) is 0 Å². The van der Waals surface area contributed by atoms with Crippen molar-refractivity contribution in [3.05, 3.63) is 108 Å². The number of benzene rings is 3. The van der Waals surface area contributed by atoms with Crippen molar-refractivity contribution < 1.29 is 24.2 Å². The SMILES string of the molecule is C=CCN(CC1OC(c2ccc(-c3cccc(CNC(=O)CCCCCNC(C)=O)c3)cc2)OC(c2ccc(CO)cc2)C1C)C1CCCC1. The molecule has 0 spiro atoms. The fourth-order valence-corrected chi connectivity index (χ4v) is 7.20. The number of aliphatic hydroxyl groups excluding tert-OH is 1. The van der Waals surface area contributed by atoms with Gasteiger partial charge in [0.05, 0.1) is 18.8 Å². The monoisotopic (exact) mass is 681 g/mol. The van der Waals surface area contributed by atoms with Crippen LogP contribution >= 0.6 is 0 Å². The summed E-state index contributed by atoms with van der Waals surface area (Å²) in [4.78, 5) is 25.9. The van der Waals surface area contributed by atoms with Gasteiger partial charge in [0.15, 0.2) is 6.29 Å².